The van der Waals surface area contributed by atoms with Crippen LogP contribution >= 0.6 is 0 Å². The molecule has 0 aromatic carbocycles. The Bertz CT molecular complexity index is 543. The third-order valence-electron chi connectivity index (χ3n) is 3.97. The fourth-order valence-electron chi connectivity index (χ4n) is 2.78. The molecule has 0 spiro atoms. The van der Waals surface area contributed by atoms with Gasteiger partial charge in [0.1, 0.15) is 0 Å². The average Bonchev–Trinajstić information content (AvgIpc) is 3.05. The number of aliphatic hydroxyl groups is 1. The van der Waals surface area contributed by atoms with E-state index in [-0.39, 0.29) is 17.5 Å². The molecule has 0 radical (unpaired) electrons. The molecule has 0 saturated heterocycles. The molecule has 0 bridgehead atoms. The maximum atomic E-state index is 12.3. The van der Waals surface area contributed by atoms with Crippen LogP contribution in [0.3, 0.4) is 0 Å². The monoisotopic (exact) mass is 300 g/mol. The molecule has 6 heteroatoms. The van der Waals surface area contributed by atoms with Crippen LogP contribution in [0, 0.1) is 5.92 Å². The van der Waals surface area contributed by atoms with Gasteiger partial charge in [-0.15, -0.1) is 0 Å². The SMILES string of the molecule is CC(C)n1cc(S(=O)(=O)NCC2CCCC2)cc1CO. The van der Waals surface area contributed by atoms with E-state index in [9.17, 15) is 13.5 Å². The van der Waals surface area contributed by atoms with Crippen molar-refractivity contribution in [3.8, 4) is 0 Å². The van der Waals surface area contributed by atoms with Crippen LogP contribution in [-0.2, 0) is 16.6 Å². The van der Waals surface area contributed by atoms with Gasteiger partial charge in [0, 0.05) is 24.5 Å². The predicted octanol–water partition coefficient (Wildman–Crippen LogP) is 2.03. The summed E-state index contributed by atoms with van der Waals surface area (Å²) in [7, 11) is -3.47. The van der Waals surface area contributed by atoms with Gasteiger partial charge in [-0.05, 0) is 38.7 Å². The minimum Gasteiger partial charge on any atom is -0.390 e. The van der Waals surface area contributed by atoms with Crippen molar-refractivity contribution in [2.45, 2.75) is 57.1 Å². The number of aliphatic hydroxyl groups excluding tert-OH is 1. The fraction of sp³-hybridized carbons (Fsp3) is 0.714. The van der Waals surface area contributed by atoms with Crippen LogP contribution in [0.2, 0.25) is 0 Å². The predicted molar refractivity (Wildman–Crippen MR) is 77.9 cm³/mol. The number of hydrogen-bond acceptors (Lipinski definition) is 3. The van der Waals surface area contributed by atoms with Crippen molar-refractivity contribution in [3.63, 3.8) is 0 Å². The Morgan fingerprint density at radius 3 is 2.55 bits per heavy atom. The summed E-state index contributed by atoms with van der Waals surface area (Å²) in [6.45, 7) is 4.28. The Hall–Kier alpha value is -0.850. The molecule has 0 aliphatic heterocycles. The fourth-order valence-corrected chi connectivity index (χ4v) is 3.94. The van der Waals surface area contributed by atoms with Crippen molar-refractivity contribution >= 4 is 10.0 Å². The van der Waals surface area contributed by atoms with Gasteiger partial charge in [-0.1, -0.05) is 12.8 Å². The number of hydrogen-bond donors (Lipinski definition) is 2. The second-order valence-electron chi connectivity index (χ2n) is 5.83. The first-order valence-corrected chi connectivity index (χ1v) is 8.73. The van der Waals surface area contributed by atoms with Gasteiger partial charge in [0.25, 0.3) is 0 Å². The van der Waals surface area contributed by atoms with E-state index in [1.165, 1.54) is 12.8 Å². The molecule has 2 rings (SSSR count). The van der Waals surface area contributed by atoms with Gasteiger partial charge in [-0.25, -0.2) is 13.1 Å². The van der Waals surface area contributed by atoms with Crippen molar-refractivity contribution in [1.82, 2.24) is 9.29 Å². The van der Waals surface area contributed by atoms with E-state index in [0.29, 0.717) is 18.2 Å². The Balaban J connectivity index is 2.12. The van der Waals surface area contributed by atoms with Gasteiger partial charge >= 0.3 is 0 Å². The van der Waals surface area contributed by atoms with Crippen LogP contribution in [0.25, 0.3) is 0 Å². The summed E-state index contributed by atoms with van der Waals surface area (Å²) in [6, 6.07) is 1.67. The van der Waals surface area contributed by atoms with Crippen LogP contribution in [-0.4, -0.2) is 24.6 Å². The summed E-state index contributed by atoms with van der Waals surface area (Å²) in [5.74, 6) is 0.467. The highest BCUT2D eigenvalue weighted by atomic mass is 32.2. The zero-order chi connectivity index (χ0) is 14.8. The summed E-state index contributed by atoms with van der Waals surface area (Å²) in [5, 5.41) is 9.31. The van der Waals surface area contributed by atoms with Crippen LogP contribution in [0.5, 0.6) is 0 Å². The van der Waals surface area contributed by atoms with Crippen molar-refractivity contribution in [2.75, 3.05) is 6.54 Å². The van der Waals surface area contributed by atoms with Gasteiger partial charge in [0.2, 0.25) is 10.0 Å². The third-order valence-corrected chi connectivity index (χ3v) is 5.36. The van der Waals surface area contributed by atoms with E-state index in [1.807, 2.05) is 13.8 Å². The normalized spacial score (nSPS) is 17.2. The number of rotatable bonds is 6. The molecule has 0 unspecified atom stereocenters. The van der Waals surface area contributed by atoms with Crippen LogP contribution in [0.15, 0.2) is 17.2 Å². The summed E-state index contributed by atoms with van der Waals surface area (Å²) in [6.07, 6.45) is 6.22. The lowest BCUT2D eigenvalue weighted by molar-refractivity contribution is 0.268. The van der Waals surface area contributed by atoms with Gasteiger partial charge in [-0.3, -0.25) is 0 Å². The van der Waals surface area contributed by atoms with E-state index in [0.717, 1.165) is 12.8 Å². The maximum absolute atomic E-state index is 12.3. The van der Waals surface area contributed by atoms with Gasteiger partial charge in [-0.2, -0.15) is 0 Å². The van der Waals surface area contributed by atoms with Crippen molar-refractivity contribution in [1.29, 1.82) is 0 Å². The van der Waals surface area contributed by atoms with Gasteiger partial charge in [0.05, 0.1) is 11.5 Å². The number of sulfonamides is 1. The van der Waals surface area contributed by atoms with E-state index >= 15 is 0 Å². The molecule has 1 aromatic heterocycles. The first kappa shape index (κ1) is 15.5. The first-order chi connectivity index (χ1) is 9.44. The summed E-state index contributed by atoms with van der Waals surface area (Å²) < 4.78 is 29.1. The molecule has 114 valence electrons. The maximum Gasteiger partial charge on any atom is 0.242 e. The second-order valence-corrected chi connectivity index (χ2v) is 7.60. The highest BCUT2D eigenvalue weighted by molar-refractivity contribution is 7.89. The molecular formula is C14H24N2O3S. The van der Waals surface area contributed by atoms with Crippen molar-refractivity contribution < 1.29 is 13.5 Å². The zero-order valence-corrected chi connectivity index (χ0v) is 13.0. The third kappa shape index (κ3) is 3.42. The van der Waals surface area contributed by atoms with Crippen LogP contribution in [0.1, 0.15) is 51.3 Å². The largest absolute Gasteiger partial charge is 0.390 e. The lowest BCUT2D eigenvalue weighted by atomic mass is 10.1. The molecule has 1 aliphatic rings. The van der Waals surface area contributed by atoms with E-state index in [1.54, 1.807) is 16.8 Å². The quantitative estimate of drug-likeness (QED) is 0.844. The average molecular weight is 300 g/mol. The summed E-state index contributed by atoms with van der Waals surface area (Å²) >= 11 is 0. The molecule has 20 heavy (non-hydrogen) atoms. The highest BCUT2D eigenvalue weighted by Gasteiger charge is 2.22. The number of nitrogens with zero attached hydrogens (tertiary/aromatic N) is 1. The Morgan fingerprint density at radius 2 is 2.05 bits per heavy atom. The number of aromatic nitrogens is 1. The van der Waals surface area contributed by atoms with Gasteiger partial charge in [0.15, 0.2) is 0 Å². The Morgan fingerprint density at radius 1 is 1.40 bits per heavy atom. The molecule has 0 atom stereocenters. The zero-order valence-electron chi connectivity index (χ0n) is 12.2. The standard InChI is InChI=1S/C14H24N2O3S/c1-11(2)16-9-14(7-13(16)10-17)20(18,19)15-8-12-5-3-4-6-12/h7,9,11-12,15,17H,3-6,8,10H2,1-2H3. The topological polar surface area (TPSA) is 71.3 Å². The molecule has 1 aromatic rings. The van der Waals surface area contributed by atoms with Crippen LogP contribution in [0.4, 0.5) is 0 Å². The molecular weight excluding hydrogens is 276 g/mol. The highest BCUT2D eigenvalue weighted by Crippen LogP contribution is 2.25. The molecule has 1 heterocycles. The van der Waals surface area contributed by atoms with E-state index in [4.69, 9.17) is 0 Å². The van der Waals surface area contributed by atoms with E-state index in [2.05, 4.69) is 4.72 Å². The molecule has 1 saturated carbocycles. The molecule has 2 N–H and O–H groups in total. The Kier molecular flexibility index (Phi) is 4.88. The molecule has 1 aliphatic carbocycles. The lowest BCUT2D eigenvalue weighted by Crippen LogP contribution is -2.28. The summed E-state index contributed by atoms with van der Waals surface area (Å²) in [5.41, 5.74) is 0.626. The van der Waals surface area contributed by atoms with Gasteiger partial charge < -0.3 is 9.67 Å². The van der Waals surface area contributed by atoms with E-state index < -0.39 is 10.0 Å². The molecule has 5 nitrogen and oxygen atoms in total. The molecule has 1 fully saturated rings. The first-order valence-electron chi connectivity index (χ1n) is 7.25. The Labute approximate surface area is 121 Å². The smallest absolute Gasteiger partial charge is 0.242 e. The minimum absolute atomic E-state index is 0.121. The minimum atomic E-state index is -3.47. The van der Waals surface area contributed by atoms with Crippen LogP contribution < -0.4 is 4.72 Å². The molecule has 0 amide bonds. The van der Waals surface area contributed by atoms with Crippen molar-refractivity contribution in [2.24, 2.45) is 5.92 Å². The summed E-state index contributed by atoms with van der Waals surface area (Å²) in [4.78, 5) is 0.244. The van der Waals surface area contributed by atoms with Crippen molar-refractivity contribution in [3.05, 3.63) is 18.0 Å². The second kappa shape index (κ2) is 6.28. The lowest BCUT2D eigenvalue weighted by Gasteiger charge is -2.11. The number of nitrogens with one attached hydrogen (secondary N) is 1.